The van der Waals surface area contributed by atoms with Gasteiger partial charge in [0.25, 0.3) is 0 Å². The Labute approximate surface area is 105 Å². The van der Waals surface area contributed by atoms with Crippen molar-refractivity contribution in [2.45, 2.75) is 48.0 Å². The Balaban J connectivity index is 0. The zero-order chi connectivity index (χ0) is 13.9. The van der Waals surface area contributed by atoms with Gasteiger partial charge >= 0.3 is 0 Å². The summed E-state index contributed by atoms with van der Waals surface area (Å²) in [4.78, 5) is 22.2. The smallest absolute Gasteiger partial charge is 0.219 e. The van der Waals surface area contributed by atoms with E-state index in [0.717, 1.165) is 0 Å². The molecule has 0 aliphatic rings. The number of carbonyl (C=O) groups excluding carboxylic acids is 2. The Hall–Kier alpha value is -0.900. The molecular formula is C13H27NO3. The Morgan fingerprint density at radius 1 is 1.18 bits per heavy atom. The summed E-state index contributed by atoms with van der Waals surface area (Å²) in [6.07, 6.45) is 0.473. The highest BCUT2D eigenvalue weighted by Gasteiger charge is 2.20. The predicted molar refractivity (Wildman–Crippen MR) is 69.9 cm³/mol. The zero-order valence-corrected chi connectivity index (χ0v) is 12.1. The summed E-state index contributed by atoms with van der Waals surface area (Å²) in [5, 5.41) is 2.67. The molecule has 0 bridgehead atoms. The molecule has 0 saturated carbocycles. The first-order valence-electron chi connectivity index (χ1n) is 6.25. The second kappa shape index (κ2) is 10.3. The van der Waals surface area contributed by atoms with Crippen LogP contribution in [-0.2, 0) is 14.3 Å². The van der Waals surface area contributed by atoms with E-state index in [4.69, 9.17) is 4.74 Å². The van der Waals surface area contributed by atoms with Crippen LogP contribution in [0, 0.1) is 5.41 Å². The number of ether oxygens (including phenoxy) is 1. The van der Waals surface area contributed by atoms with Gasteiger partial charge in [0.05, 0.1) is 6.61 Å². The van der Waals surface area contributed by atoms with Crippen LogP contribution >= 0.6 is 0 Å². The Kier molecular flexibility index (Phi) is 11.2. The maximum atomic E-state index is 11.4. The summed E-state index contributed by atoms with van der Waals surface area (Å²) < 4.78 is 5.15. The SMILES string of the molecule is CC.CCC(=O)NCCOCC(=O)C(C)(C)C. The average molecular weight is 245 g/mol. The highest BCUT2D eigenvalue weighted by Crippen LogP contribution is 2.14. The van der Waals surface area contributed by atoms with Crippen LogP contribution in [0.3, 0.4) is 0 Å². The number of hydrogen-bond acceptors (Lipinski definition) is 3. The maximum absolute atomic E-state index is 11.4. The number of Topliss-reactive ketones (excluding diaryl/α,β-unsaturated/α-hetero) is 1. The van der Waals surface area contributed by atoms with Crippen molar-refractivity contribution in [2.24, 2.45) is 5.41 Å². The van der Waals surface area contributed by atoms with Crippen LogP contribution in [0.15, 0.2) is 0 Å². The van der Waals surface area contributed by atoms with Crippen molar-refractivity contribution in [1.29, 1.82) is 0 Å². The van der Waals surface area contributed by atoms with E-state index in [2.05, 4.69) is 5.32 Å². The fourth-order valence-corrected chi connectivity index (χ4v) is 0.769. The third-order valence-electron chi connectivity index (χ3n) is 1.96. The fraction of sp³-hybridized carbons (Fsp3) is 0.846. The minimum atomic E-state index is -0.354. The van der Waals surface area contributed by atoms with E-state index in [1.807, 2.05) is 34.6 Å². The summed E-state index contributed by atoms with van der Waals surface area (Å²) in [5.41, 5.74) is -0.354. The number of carbonyl (C=O) groups is 2. The van der Waals surface area contributed by atoms with Crippen LogP contribution in [-0.4, -0.2) is 31.4 Å². The normalized spacial score (nSPS) is 10.2. The molecule has 4 nitrogen and oxygen atoms in total. The van der Waals surface area contributed by atoms with Gasteiger partial charge < -0.3 is 10.1 Å². The third kappa shape index (κ3) is 11.4. The molecule has 0 fully saturated rings. The summed E-state index contributed by atoms with van der Waals surface area (Å²) >= 11 is 0. The monoisotopic (exact) mass is 245 g/mol. The van der Waals surface area contributed by atoms with Gasteiger partial charge in [-0.05, 0) is 0 Å². The lowest BCUT2D eigenvalue weighted by Crippen LogP contribution is -2.29. The number of rotatable bonds is 6. The van der Waals surface area contributed by atoms with Crippen molar-refractivity contribution < 1.29 is 14.3 Å². The van der Waals surface area contributed by atoms with Crippen molar-refractivity contribution in [1.82, 2.24) is 5.32 Å². The molecule has 0 rings (SSSR count). The molecule has 0 aromatic rings. The largest absolute Gasteiger partial charge is 0.372 e. The van der Waals surface area contributed by atoms with E-state index in [-0.39, 0.29) is 23.7 Å². The summed E-state index contributed by atoms with van der Waals surface area (Å²) in [7, 11) is 0. The van der Waals surface area contributed by atoms with Gasteiger partial charge in [0.15, 0.2) is 5.78 Å². The molecule has 102 valence electrons. The quantitative estimate of drug-likeness (QED) is 0.730. The molecule has 0 spiro atoms. The number of amides is 1. The molecule has 0 aromatic carbocycles. The third-order valence-corrected chi connectivity index (χ3v) is 1.96. The van der Waals surface area contributed by atoms with E-state index < -0.39 is 0 Å². The van der Waals surface area contributed by atoms with E-state index in [9.17, 15) is 9.59 Å². The summed E-state index contributed by atoms with van der Waals surface area (Å²) in [6.45, 7) is 12.3. The van der Waals surface area contributed by atoms with E-state index in [1.54, 1.807) is 6.92 Å². The second-order valence-electron chi connectivity index (χ2n) is 4.43. The summed E-state index contributed by atoms with van der Waals surface area (Å²) in [6, 6.07) is 0. The molecule has 0 saturated heterocycles. The highest BCUT2D eigenvalue weighted by atomic mass is 16.5. The molecule has 0 heterocycles. The molecule has 0 aliphatic heterocycles. The Bertz CT molecular complexity index is 219. The molecule has 1 N–H and O–H groups in total. The van der Waals surface area contributed by atoms with E-state index >= 15 is 0 Å². The molecule has 0 atom stereocenters. The number of hydrogen-bond donors (Lipinski definition) is 1. The first kappa shape index (κ1) is 18.5. The zero-order valence-electron chi connectivity index (χ0n) is 12.1. The van der Waals surface area contributed by atoms with Gasteiger partial charge in [-0.1, -0.05) is 41.5 Å². The van der Waals surface area contributed by atoms with E-state index in [1.165, 1.54) is 0 Å². The van der Waals surface area contributed by atoms with Crippen LogP contribution < -0.4 is 5.32 Å². The maximum Gasteiger partial charge on any atom is 0.219 e. The van der Waals surface area contributed by atoms with Gasteiger partial charge in [-0.3, -0.25) is 9.59 Å². The molecule has 0 aliphatic carbocycles. The van der Waals surface area contributed by atoms with Gasteiger partial charge in [-0.25, -0.2) is 0 Å². The van der Waals surface area contributed by atoms with Crippen LogP contribution in [0.5, 0.6) is 0 Å². The van der Waals surface area contributed by atoms with Crippen LogP contribution in [0.1, 0.15) is 48.0 Å². The number of ketones is 1. The van der Waals surface area contributed by atoms with Crippen molar-refractivity contribution >= 4 is 11.7 Å². The van der Waals surface area contributed by atoms with Crippen molar-refractivity contribution in [2.75, 3.05) is 19.8 Å². The summed E-state index contributed by atoms with van der Waals surface area (Å²) in [5.74, 6) is 0.0741. The lowest BCUT2D eigenvalue weighted by Gasteiger charge is -2.16. The average Bonchev–Trinajstić information content (AvgIpc) is 2.29. The molecule has 0 aromatic heterocycles. The molecule has 4 heteroatoms. The van der Waals surface area contributed by atoms with Crippen molar-refractivity contribution in [3.63, 3.8) is 0 Å². The first-order valence-corrected chi connectivity index (χ1v) is 6.25. The van der Waals surface area contributed by atoms with Gasteiger partial charge in [0, 0.05) is 18.4 Å². The van der Waals surface area contributed by atoms with Gasteiger partial charge in [0.1, 0.15) is 6.61 Å². The lowest BCUT2D eigenvalue weighted by atomic mass is 9.91. The predicted octanol–water partition coefficient (Wildman–Crippen LogP) is 2.17. The first-order chi connectivity index (χ1) is 7.88. The van der Waals surface area contributed by atoms with Gasteiger partial charge in [-0.2, -0.15) is 0 Å². The standard InChI is InChI=1S/C11H21NO3.C2H6/c1-5-10(14)12-6-7-15-8-9(13)11(2,3)4;1-2/h5-8H2,1-4H3,(H,12,14);1-2H3. The van der Waals surface area contributed by atoms with E-state index in [0.29, 0.717) is 19.6 Å². The molecule has 1 amide bonds. The van der Waals surface area contributed by atoms with Crippen LogP contribution in [0.4, 0.5) is 0 Å². The van der Waals surface area contributed by atoms with Crippen molar-refractivity contribution in [3.8, 4) is 0 Å². The molecule has 0 unspecified atom stereocenters. The van der Waals surface area contributed by atoms with Crippen LogP contribution in [0.25, 0.3) is 0 Å². The molecule has 17 heavy (non-hydrogen) atoms. The topological polar surface area (TPSA) is 55.4 Å². The molecule has 0 radical (unpaired) electrons. The second-order valence-corrected chi connectivity index (χ2v) is 4.43. The lowest BCUT2D eigenvalue weighted by molar-refractivity contribution is -0.131. The van der Waals surface area contributed by atoms with Gasteiger partial charge in [0.2, 0.25) is 5.91 Å². The van der Waals surface area contributed by atoms with Gasteiger partial charge in [-0.15, -0.1) is 0 Å². The minimum Gasteiger partial charge on any atom is -0.372 e. The number of nitrogens with one attached hydrogen (secondary N) is 1. The fourth-order valence-electron chi connectivity index (χ4n) is 0.769. The Morgan fingerprint density at radius 2 is 1.71 bits per heavy atom. The Morgan fingerprint density at radius 3 is 2.12 bits per heavy atom. The molecular weight excluding hydrogens is 218 g/mol. The van der Waals surface area contributed by atoms with Crippen LogP contribution in [0.2, 0.25) is 0 Å². The van der Waals surface area contributed by atoms with Crippen molar-refractivity contribution in [3.05, 3.63) is 0 Å². The minimum absolute atomic E-state index is 0.000693. The highest BCUT2D eigenvalue weighted by molar-refractivity contribution is 5.84.